The van der Waals surface area contributed by atoms with Crippen LogP contribution in [0.3, 0.4) is 0 Å². The number of halogens is 1. The minimum atomic E-state index is -0.263. The molecule has 0 bridgehead atoms. The number of benzene rings is 2. The third kappa shape index (κ3) is 4.05. The van der Waals surface area contributed by atoms with Gasteiger partial charge in [0.05, 0.1) is 21.8 Å². The number of hydrogen-bond acceptors (Lipinski definition) is 5. The lowest BCUT2D eigenvalue weighted by atomic mass is 9.99. The maximum absolute atomic E-state index is 14.8. The fourth-order valence-corrected chi connectivity index (χ4v) is 4.70. The van der Waals surface area contributed by atoms with Crippen molar-refractivity contribution >= 4 is 44.3 Å². The van der Waals surface area contributed by atoms with E-state index in [9.17, 15) is 9.18 Å². The number of pyridine rings is 1. The van der Waals surface area contributed by atoms with Crippen molar-refractivity contribution < 1.29 is 9.18 Å². The Morgan fingerprint density at radius 2 is 1.94 bits per heavy atom. The van der Waals surface area contributed by atoms with Crippen LogP contribution in [0.5, 0.6) is 0 Å². The average Bonchev–Trinajstić information content (AvgIpc) is 3.14. The first-order chi connectivity index (χ1) is 14.9. The van der Waals surface area contributed by atoms with Gasteiger partial charge >= 0.3 is 0 Å². The monoisotopic (exact) mass is 435 g/mol. The summed E-state index contributed by atoms with van der Waals surface area (Å²) in [6.07, 6.45) is 0.899. The first-order valence-corrected chi connectivity index (χ1v) is 11.3. The molecule has 0 unspecified atom stereocenters. The van der Waals surface area contributed by atoms with E-state index in [2.05, 4.69) is 17.6 Å². The standard InChI is InChI=1S/C25H26FN3OS/c1-14(2)16-5-6-17(19(26)11-16)20-8-7-18-21(29-20)9-10-22-24(18)25(23(13-30)31-22)28-12-15(3)27-4/h5-11,13-15,27-28H,12H2,1-4H3/t15-/m1/s1. The van der Waals surface area contributed by atoms with Gasteiger partial charge in [-0.3, -0.25) is 4.79 Å². The molecule has 0 amide bonds. The van der Waals surface area contributed by atoms with Crippen LogP contribution < -0.4 is 10.6 Å². The second-order valence-electron chi connectivity index (χ2n) is 8.13. The lowest BCUT2D eigenvalue weighted by Gasteiger charge is -2.13. The van der Waals surface area contributed by atoms with Crippen LogP contribution in [0.4, 0.5) is 10.1 Å². The zero-order chi connectivity index (χ0) is 22.1. The van der Waals surface area contributed by atoms with E-state index >= 15 is 0 Å². The van der Waals surface area contributed by atoms with Crippen molar-refractivity contribution in [3.05, 3.63) is 58.7 Å². The molecule has 0 aliphatic heterocycles. The summed E-state index contributed by atoms with van der Waals surface area (Å²) in [4.78, 5) is 17.1. The average molecular weight is 436 g/mol. The number of aldehydes is 1. The van der Waals surface area contributed by atoms with Crippen molar-refractivity contribution in [2.24, 2.45) is 0 Å². The summed E-state index contributed by atoms with van der Waals surface area (Å²) in [7, 11) is 1.91. The van der Waals surface area contributed by atoms with Gasteiger partial charge in [-0.05, 0) is 61.9 Å². The highest BCUT2D eigenvalue weighted by molar-refractivity contribution is 7.21. The molecule has 160 valence electrons. The SMILES string of the molecule is CN[C@H](C)CNc1c(C=O)sc2ccc3nc(-c4ccc(C(C)C)cc4F)ccc3c12. The van der Waals surface area contributed by atoms with Crippen LogP contribution >= 0.6 is 11.3 Å². The summed E-state index contributed by atoms with van der Waals surface area (Å²) in [5.41, 5.74) is 3.67. The van der Waals surface area contributed by atoms with Gasteiger partial charge in [0, 0.05) is 33.6 Å². The largest absolute Gasteiger partial charge is 0.382 e. The molecule has 4 nitrogen and oxygen atoms in total. The molecule has 0 fully saturated rings. The summed E-state index contributed by atoms with van der Waals surface area (Å²) in [6.45, 7) is 6.86. The normalized spacial score (nSPS) is 12.6. The second kappa shape index (κ2) is 8.73. The lowest BCUT2D eigenvalue weighted by Crippen LogP contribution is -2.29. The van der Waals surface area contributed by atoms with Gasteiger partial charge in [0.25, 0.3) is 0 Å². The molecule has 2 N–H and O–H groups in total. The van der Waals surface area contributed by atoms with E-state index in [1.165, 1.54) is 11.3 Å². The zero-order valence-electron chi connectivity index (χ0n) is 18.1. The van der Waals surface area contributed by atoms with E-state index in [1.54, 1.807) is 12.1 Å². The van der Waals surface area contributed by atoms with Gasteiger partial charge in [-0.15, -0.1) is 11.3 Å². The van der Waals surface area contributed by atoms with Crippen LogP contribution in [0.25, 0.3) is 32.2 Å². The van der Waals surface area contributed by atoms with Gasteiger partial charge in [-0.1, -0.05) is 19.9 Å². The van der Waals surface area contributed by atoms with Crippen molar-refractivity contribution in [3.8, 4) is 11.3 Å². The highest BCUT2D eigenvalue weighted by atomic mass is 32.1. The second-order valence-corrected chi connectivity index (χ2v) is 9.21. The molecule has 2 aromatic heterocycles. The van der Waals surface area contributed by atoms with Crippen LogP contribution in [-0.4, -0.2) is 30.9 Å². The summed E-state index contributed by atoms with van der Waals surface area (Å²) < 4.78 is 15.8. The Balaban J connectivity index is 1.83. The van der Waals surface area contributed by atoms with E-state index in [0.29, 0.717) is 22.7 Å². The summed E-state index contributed by atoms with van der Waals surface area (Å²) in [5, 5.41) is 8.56. The molecule has 31 heavy (non-hydrogen) atoms. The number of carbonyl (C=O) groups excluding carboxylic acids is 1. The molecule has 4 aromatic rings. The molecular formula is C25H26FN3OS. The van der Waals surface area contributed by atoms with Crippen molar-refractivity contribution in [1.82, 2.24) is 10.3 Å². The van der Waals surface area contributed by atoms with Crippen LogP contribution in [0.2, 0.25) is 0 Å². The number of carbonyl (C=O) groups is 1. The maximum Gasteiger partial charge on any atom is 0.162 e. The van der Waals surface area contributed by atoms with E-state index in [-0.39, 0.29) is 17.8 Å². The van der Waals surface area contributed by atoms with E-state index in [4.69, 9.17) is 4.98 Å². The number of hydrogen-bond donors (Lipinski definition) is 2. The molecule has 2 aromatic carbocycles. The zero-order valence-corrected chi connectivity index (χ0v) is 18.9. The molecule has 4 rings (SSSR count). The minimum absolute atomic E-state index is 0.256. The Kier molecular flexibility index (Phi) is 6.03. The van der Waals surface area contributed by atoms with Gasteiger partial charge in [-0.2, -0.15) is 0 Å². The Bertz CT molecular complexity index is 1260. The predicted molar refractivity (Wildman–Crippen MR) is 129 cm³/mol. The van der Waals surface area contributed by atoms with Gasteiger partial charge < -0.3 is 10.6 Å². The molecular weight excluding hydrogens is 409 g/mol. The molecule has 0 radical (unpaired) electrons. The first-order valence-electron chi connectivity index (χ1n) is 10.4. The van der Waals surface area contributed by atoms with Crippen LogP contribution in [0.1, 0.15) is 41.9 Å². The van der Waals surface area contributed by atoms with Crippen molar-refractivity contribution in [1.29, 1.82) is 0 Å². The number of rotatable bonds is 7. The van der Waals surface area contributed by atoms with Crippen LogP contribution in [0, 0.1) is 5.82 Å². The topological polar surface area (TPSA) is 54.0 Å². The van der Waals surface area contributed by atoms with Gasteiger partial charge in [0.15, 0.2) is 6.29 Å². The van der Waals surface area contributed by atoms with E-state index in [0.717, 1.165) is 38.5 Å². The Morgan fingerprint density at radius 1 is 1.13 bits per heavy atom. The highest BCUT2D eigenvalue weighted by Crippen LogP contribution is 2.40. The molecule has 0 saturated heterocycles. The summed E-state index contributed by atoms with van der Waals surface area (Å²) >= 11 is 1.47. The van der Waals surface area contributed by atoms with Crippen LogP contribution in [0.15, 0.2) is 42.5 Å². The fraction of sp³-hybridized carbons (Fsp3) is 0.280. The Labute approximate surface area is 185 Å². The third-order valence-electron chi connectivity index (χ3n) is 5.67. The molecule has 0 aliphatic rings. The molecule has 6 heteroatoms. The first kappa shape index (κ1) is 21.4. The predicted octanol–water partition coefficient (Wildman–Crippen LogP) is 6.21. The number of aromatic nitrogens is 1. The maximum atomic E-state index is 14.8. The highest BCUT2D eigenvalue weighted by Gasteiger charge is 2.17. The van der Waals surface area contributed by atoms with Crippen molar-refractivity contribution in [2.75, 3.05) is 18.9 Å². The Hall–Kier alpha value is -2.83. The number of thiophene rings is 1. The van der Waals surface area contributed by atoms with Crippen molar-refractivity contribution in [3.63, 3.8) is 0 Å². The number of anilines is 1. The lowest BCUT2D eigenvalue weighted by molar-refractivity contribution is 0.112. The number of nitrogens with one attached hydrogen (secondary N) is 2. The quantitative estimate of drug-likeness (QED) is 0.339. The smallest absolute Gasteiger partial charge is 0.162 e. The molecule has 0 spiro atoms. The minimum Gasteiger partial charge on any atom is -0.382 e. The number of likely N-dealkylation sites (N-methyl/N-ethyl adjacent to an activating group) is 1. The summed E-state index contributed by atoms with van der Waals surface area (Å²) in [5.74, 6) is 0.00450. The number of fused-ring (bicyclic) bond motifs is 3. The Morgan fingerprint density at radius 3 is 2.61 bits per heavy atom. The van der Waals surface area contributed by atoms with E-state index < -0.39 is 0 Å². The molecule has 1 atom stereocenters. The van der Waals surface area contributed by atoms with E-state index in [1.807, 2.05) is 51.2 Å². The van der Waals surface area contributed by atoms with Crippen molar-refractivity contribution in [2.45, 2.75) is 32.7 Å². The van der Waals surface area contributed by atoms with Crippen LogP contribution in [-0.2, 0) is 0 Å². The molecule has 0 aliphatic carbocycles. The van der Waals surface area contributed by atoms with Gasteiger partial charge in [0.1, 0.15) is 5.82 Å². The molecule has 0 saturated carbocycles. The molecule has 2 heterocycles. The van der Waals surface area contributed by atoms with Gasteiger partial charge in [-0.25, -0.2) is 9.37 Å². The number of nitrogens with zero attached hydrogens (tertiary/aromatic N) is 1. The van der Waals surface area contributed by atoms with Gasteiger partial charge in [0.2, 0.25) is 0 Å². The fourth-order valence-electron chi connectivity index (χ4n) is 3.68. The summed E-state index contributed by atoms with van der Waals surface area (Å²) in [6, 6.07) is 13.4. The third-order valence-corrected chi connectivity index (χ3v) is 6.75.